The Kier molecular flexibility index (Phi) is 3.50. The molecule has 0 aliphatic heterocycles. The number of nitrogens with zero attached hydrogens (tertiary/aromatic N) is 1. The number of rotatable bonds is 5. The first-order valence-electron chi connectivity index (χ1n) is 5.13. The molecule has 0 aromatic carbocycles. The van der Waals surface area contributed by atoms with Crippen molar-refractivity contribution in [2.75, 3.05) is 20.2 Å². The molecule has 1 saturated carbocycles. The first kappa shape index (κ1) is 11.5. The van der Waals surface area contributed by atoms with E-state index in [2.05, 4.69) is 5.32 Å². The van der Waals surface area contributed by atoms with Gasteiger partial charge in [0.25, 0.3) is 0 Å². The molecule has 0 bridgehead atoms. The Morgan fingerprint density at radius 2 is 2.14 bits per heavy atom. The highest BCUT2D eigenvalue weighted by atomic mass is 16.3. The van der Waals surface area contributed by atoms with Gasteiger partial charge in [0.15, 0.2) is 0 Å². The van der Waals surface area contributed by atoms with E-state index in [1.54, 1.807) is 11.9 Å². The number of carbonyl (C=O) groups is 1. The molecule has 2 N–H and O–H groups in total. The van der Waals surface area contributed by atoms with Gasteiger partial charge in [-0.1, -0.05) is 0 Å². The van der Waals surface area contributed by atoms with Gasteiger partial charge in [0.2, 0.25) is 5.91 Å². The molecule has 1 fully saturated rings. The van der Waals surface area contributed by atoms with Gasteiger partial charge in [-0.25, -0.2) is 0 Å². The zero-order chi connectivity index (χ0) is 10.8. The molecule has 0 radical (unpaired) electrons. The van der Waals surface area contributed by atoms with Crippen LogP contribution in [0.4, 0.5) is 0 Å². The van der Waals surface area contributed by atoms with E-state index in [9.17, 15) is 4.79 Å². The number of nitrogens with one attached hydrogen (secondary N) is 1. The van der Waals surface area contributed by atoms with Crippen LogP contribution in [0.25, 0.3) is 0 Å². The van der Waals surface area contributed by atoms with Crippen LogP contribution in [0, 0.1) is 0 Å². The Balaban J connectivity index is 2.62. The summed E-state index contributed by atoms with van der Waals surface area (Å²) in [5, 5.41) is 11.9. The number of likely N-dealkylation sites (N-methyl/N-ethyl adjacent to an activating group) is 1. The minimum Gasteiger partial charge on any atom is -0.395 e. The van der Waals surface area contributed by atoms with Crippen molar-refractivity contribution in [3.8, 4) is 0 Å². The summed E-state index contributed by atoms with van der Waals surface area (Å²) >= 11 is 0. The minimum absolute atomic E-state index is 0.0437. The second-order valence-corrected chi connectivity index (χ2v) is 4.33. The molecule has 4 heteroatoms. The second-order valence-electron chi connectivity index (χ2n) is 4.33. The maximum Gasteiger partial charge on any atom is 0.242 e. The summed E-state index contributed by atoms with van der Waals surface area (Å²) in [6, 6.07) is 0.363. The number of carbonyl (C=O) groups excluding carboxylic acids is 1. The molecule has 0 aromatic heterocycles. The van der Waals surface area contributed by atoms with Crippen molar-refractivity contribution in [3.05, 3.63) is 0 Å². The van der Waals surface area contributed by atoms with Crippen LogP contribution >= 0.6 is 0 Å². The summed E-state index contributed by atoms with van der Waals surface area (Å²) < 4.78 is 0. The Bertz CT molecular complexity index is 212. The van der Waals surface area contributed by atoms with Crippen LogP contribution in [0.5, 0.6) is 0 Å². The molecule has 0 heterocycles. The van der Waals surface area contributed by atoms with Crippen LogP contribution in [0.1, 0.15) is 26.7 Å². The van der Waals surface area contributed by atoms with Crippen LogP contribution in [0.2, 0.25) is 0 Å². The average molecular weight is 200 g/mol. The van der Waals surface area contributed by atoms with Crippen LogP contribution in [0.3, 0.4) is 0 Å². The predicted octanol–water partition coefficient (Wildman–Crippen LogP) is -0.0323. The van der Waals surface area contributed by atoms with Gasteiger partial charge in [-0.15, -0.1) is 0 Å². The Hall–Kier alpha value is -0.610. The number of hydrogen-bond donors (Lipinski definition) is 2. The van der Waals surface area contributed by atoms with Gasteiger partial charge < -0.3 is 15.3 Å². The van der Waals surface area contributed by atoms with E-state index in [-0.39, 0.29) is 12.5 Å². The van der Waals surface area contributed by atoms with Crippen molar-refractivity contribution in [2.24, 2.45) is 0 Å². The summed E-state index contributed by atoms with van der Waals surface area (Å²) in [7, 11) is 1.78. The van der Waals surface area contributed by atoms with Crippen molar-refractivity contribution in [1.29, 1.82) is 0 Å². The van der Waals surface area contributed by atoms with Crippen LogP contribution in [-0.2, 0) is 4.79 Å². The lowest BCUT2D eigenvalue weighted by molar-refractivity contribution is -0.138. The van der Waals surface area contributed by atoms with E-state index in [1.165, 1.54) is 0 Å². The first-order chi connectivity index (χ1) is 6.53. The van der Waals surface area contributed by atoms with Crippen LogP contribution < -0.4 is 5.32 Å². The molecule has 4 nitrogen and oxygen atoms in total. The fraction of sp³-hybridized carbons (Fsp3) is 0.900. The molecule has 0 spiro atoms. The number of aliphatic hydroxyl groups excluding tert-OH is 1. The van der Waals surface area contributed by atoms with Gasteiger partial charge in [0, 0.05) is 12.6 Å². The van der Waals surface area contributed by atoms with E-state index < -0.39 is 5.54 Å². The highest BCUT2D eigenvalue weighted by Crippen LogP contribution is 2.28. The maximum absolute atomic E-state index is 12.0. The van der Waals surface area contributed by atoms with E-state index in [1.807, 2.05) is 13.8 Å². The normalized spacial score (nSPS) is 16.9. The molecule has 82 valence electrons. The predicted molar refractivity (Wildman–Crippen MR) is 55.0 cm³/mol. The van der Waals surface area contributed by atoms with Gasteiger partial charge in [0.1, 0.15) is 0 Å². The molecule has 1 amide bonds. The Labute approximate surface area is 85.3 Å². The summed E-state index contributed by atoms with van der Waals surface area (Å²) in [6.45, 7) is 4.22. The first-order valence-corrected chi connectivity index (χ1v) is 5.13. The average Bonchev–Trinajstić information content (AvgIpc) is 2.96. The summed E-state index contributed by atoms with van der Waals surface area (Å²) in [4.78, 5) is 13.8. The summed E-state index contributed by atoms with van der Waals surface area (Å²) in [5.74, 6) is 0.0801. The Morgan fingerprint density at radius 3 is 2.50 bits per heavy atom. The highest BCUT2D eigenvalue weighted by molar-refractivity contribution is 5.86. The van der Waals surface area contributed by atoms with Crippen molar-refractivity contribution in [2.45, 2.75) is 38.3 Å². The third-order valence-corrected chi connectivity index (χ3v) is 2.75. The zero-order valence-corrected chi connectivity index (χ0v) is 9.21. The molecule has 1 aliphatic carbocycles. The van der Waals surface area contributed by atoms with Gasteiger partial charge in [-0.2, -0.15) is 0 Å². The monoisotopic (exact) mass is 200 g/mol. The minimum atomic E-state index is -0.530. The van der Waals surface area contributed by atoms with Crippen molar-refractivity contribution in [3.63, 3.8) is 0 Å². The smallest absolute Gasteiger partial charge is 0.242 e. The third kappa shape index (κ3) is 2.45. The molecule has 14 heavy (non-hydrogen) atoms. The van der Waals surface area contributed by atoms with Crippen LogP contribution in [-0.4, -0.2) is 47.7 Å². The standard InChI is InChI=1S/C10H20N2O2/c1-10(2,11-3)9(14)12(6-7-13)8-4-5-8/h8,11,13H,4-7H2,1-3H3. The molecule has 0 atom stereocenters. The SMILES string of the molecule is CNC(C)(C)C(=O)N(CCO)C1CC1. The lowest BCUT2D eigenvalue weighted by Crippen LogP contribution is -2.54. The van der Waals surface area contributed by atoms with Gasteiger partial charge in [-0.3, -0.25) is 4.79 Å². The van der Waals surface area contributed by atoms with E-state index in [0.29, 0.717) is 12.6 Å². The fourth-order valence-electron chi connectivity index (χ4n) is 1.41. The molecule has 0 saturated heterocycles. The zero-order valence-electron chi connectivity index (χ0n) is 9.21. The van der Waals surface area contributed by atoms with Gasteiger partial charge in [-0.05, 0) is 33.7 Å². The van der Waals surface area contributed by atoms with Gasteiger partial charge in [0.05, 0.1) is 12.1 Å². The molecule has 0 unspecified atom stereocenters. The number of hydrogen-bond acceptors (Lipinski definition) is 3. The maximum atomic E-state index is 12.0. The second kappa shape index (κ2) is 4.28. The van der Waals surface area contributed by atoms with E-state index >= 15 is 0 Å². The number of amides is 1. The largest absolute Gasteiger partial charge is 0.395 e. The van der Waals surface area contributed by atoms with E-state index in [4.69, 9.17) is 5.11 Å². The summed E-state index contributed by atoms with van der Waals surface area (Å²) in [6.07, 6.45) is 2.15. The molecule has 1 aliphatic rings. The van der Waals surface area contributed by atoms with E-state index in [0.717, 1.165) is 12.8 Å². The highest BCUT2D eigenvalue weighted by Gasteiger charge is 2.38. The molecular formula is C10H20N2O2. The van der Waals surface area contributed by atoms with Crippen molar-refractivity contribution < 1.29 is 9.90 Å². The quantitative estimate of drug-likeness (QED) is 0.655. The van der Waals surface area contributed by atoms with Gasteiger partial charge >= 0.3 is 0 Å². The number of aliphatic hydroxyl groups is 1. The molecular weight excluding hydrogens is 180 g/mol. The fourth-order valence-corrected chi connectivity index (χ4v) is 1.41. The Morgan fingerprint density at radius 1 is 1.57 bits per heavy atom. The third-order valence-electron chi connectivity index (χ3n) is 2.75. The van der Waals surface area contributed by atoms with Crippen LogP contribution in [0.15, 0.2) is 0 Å². The molecule has 1 rings (SSSR count). The molecule has 0 aromatic rings. The topological polar surface area (TPSA) is 52.6 Å². The van der Waals surface area contributed by atoms with Crippen molar-refractivity contribution >= 4 is 5.91 Å². The summed E-state index contributed by atoms with van der Waals surface area (Å²) in [5.41, 5.74) is -0.530. The van der Waals surface area contributed by atoms with Crippen molar-refractivity contribution in [1.82, 2.24) is 10.2 Å². The lowest BCUT2D eigenvalue weighted by Gasteiger charge is -2.31. The lowest BCUT2D eigenvalue weighted by atomic mass is 10.0.